The van der Waals surface area contributed by atoms with Gasteiger partial charge < -0.3 is 9.47 Å². The molecule has 1 amide bonds. The Labute approximate surface area is 124 Å². The molecule has 21 heavy (non-hydrogen) atoms. The number of nitrogens with zero attached hydrogens (tertiary/aromatic N) is 3. The first-order valence-corrected chi connectivity index (χ1v) is 7.20. The molecule has 2 atom stereocenters. The molecular formula is C17H19N3O. The van der Waals surface area contributed by atoms with Crippen molar-refractivity contribution in [3.63, 3.8) is 0 Å². The minimum absolute atomic E-state index is 0.0397. The van der Waals surface area contributed by atoms with Crippen LogP contribution >= 0.6 is 0 Å². The maximum atomic E-state index is 12.3. The molecule has 4 nitrogen and oxygen atoms in total. The van der Waals surface area contributed by atoms with E-state index >= 15 is 0 Å². The quantitative estimate of drug-likeness (QED) is 0.790. The zero-order valence-corrected chi connectivity index (χ0v) is 11.9. The van der Waals surface area contributed by atoms with Crippen LogP contribution in [0.25, 0.3) is 0 Å². The Balaban J connectivity index is 1.89. The molecular weight excluding hydrogens is 262 g/mol. The molecule has 0 radical (unpaired) electrons. The number of carbonyl (C=O) groups is 1. The largest absolute Gasteiger partial charge is 0.335 e. The molecule has 0 bridgehead atoms. The van der Waals surface area contributed by atoms with Crippen molar-refractivity contribution in [2.24, 2.45) is 5.92 Å². The fourth-order valence-electron chi connectivity index (χ4n) is 2.87. The number of likely N-dealkylation sites (tertiary alicyclic amines) is 1. The number of carbonyl (C=O) groups excluding carboxylic acids is 1. The van der Waals surface area contributed by atoms with Crippen molar-refractivity contribution < 1.29 is 4.79 Å². The SMILES string of the molecule is C=CC1CC(=O)N(C(Cn2ccnc2)c2ccccc2)C1. The van der Waals surface area contributed by atoms with Crippen molar-refractivity contribution in [2.75, 3.05) is 6.54 Å². The molecule has 1 fully saturated rings. The molecule has 2 unspecified atom stereocenters. The highest BCUT2D eigenvalue weighted by molar-refractivity contribution is 5.79. The van der Waals surface area contributed by atoms with Gasteiger partial charge in [0, 0.05) is 37.8 Å². The molecule has 1 aliphatic rings. The lowest BCUT2D eigenvalue weighted by Gasteiger charge is -2.29. The van der Waals surface area contributed by atoms with Crippen LogP contribution in [-0.4, -0.2) is 26.9 Å². The van der Waals surface area contributed by atoms with E-state index in [0.29, 0.717) is 6.42 Å². The topological polar surface area (TPSA) is 38.1 Å². The molecule has 108 valence electrons. The summed E-state index contributed by atoms with van der Waals surface area (Å²) in [4.78, 5) is 18.4. The average molecular weight is 281 g/mol. The molecule has 1 aliphatic heterocycles. The molecule has 0 aliphatic carbocycles. The standard InChI is InChI=1S/C17H19N3O/c1-2-14-10-17(21)20(11-14)16(12-19-9-8-18-13-19)15-6-4-3-5-7-15/h2-9,13-14,16H,1,10-12H2. The van der Waals surface area contributed by atoms with Crippen LogP contribution in [0.5, 0.6) is 0 Å². The van der Waals surface area contributed by atoms with E-state index in [1.807, 2.05) is 39.9 Å². The summed E-state index contributed by atoms with van der Waals surface area (Å²) in [6.45, 7) is 5.29. The lowest BCUT2D eigenvalue weighted by Crippen LogP contribution is -2.33. The number of rotatable bonds is 5. The van der Waals surface area contributed by atoms with Gasteiger partial charge in [-0.1, -0.05) is 36.4 Å². The summed E-state index contributed by atoms with van der Waals surface area (Å²) in [5.41, 5.74) is 1.16. The van der Waals surface area contributed by atoms with E-state index < -0.39 is 0 Å². The van der Waals surface area contributed by atoms with Crippen molar-refractivity contribution >= 4 is 5.91 Å². The number of benzene rings is 1. The minimum Gasteiger partial charge on any atom is -0.335 e. The van der Waals surface area contributed by atoms with E-state index in [-0.39, 0.29) is 17.9 Å². The summed E-state index contributed by atoms with van der Waals surface area (Å²) in [5, 5.41) is 0. The van der Waals surface area contributed by atoms with Crippen LogP contribution in [0, 0.1) is 5.92 Å². The molecule has 1 aromatic heterocycles. The second kappa shape index (κ2) is 5.95. The Morgan fingerprint density at radius 1 is 1.38 bits per heavy atom. The molecule has 1 saturated heterocycles. The van der Waals surface area contributed by atoms with Gasteiger partial charge in [-0.3, -0.25) is 4.79 Å². The monoisotopic (exact) mass is 281 g/mol. The van der Waals surface area contributed by atoms with Crippen molar-refractivity contribution in [1.82, 2.24) is 14.5 Å². The Kier molecular flexibility index (Phi) is 3.86. The summed E-state index contributed by atoms with van der Waals surface area (Å²) in [5.74, 6) is 0.459. The Hall–Kier alpha value is -2.36. The second-order valence-electron chi connectivity index (χ2n) is 5.43. The fraction of sp³-hybridized carbons (Fsp3) is 0.294. The Morgan fingerprint density at radius 2 is 2.19 bits per heavy atom. The normalized spacial score (nSPS) is 19.7. The zero-order chi connectivity index (χ0) is 14.7. The predicted molar refractivity (Wildman–Crippen MR) is 81.4 cm³/mol. The highest BCUT2D eigenvalue weighted by atomic mass is 16.2. The van der Waals surface area contributed by atoms with E-state index in [1.54, 1.807) is 12.5 Å². The summed E-state index contributed by atoms with van der Waals surface area (Å²) in [6.07, 6.45) is 7.94. The second-order valence-corrected chi connectivity index (χ2v) is 5.43. The summed E-state index contributed by atoms with van der Waals surface area (Å²) in [6, 6.07) is 10.2. The van der Waals surface area contributed by atoms with Crippen LogP contribution in [0.2, 0.25) is 0 Å². The van der Waals surface area contributed by atoms with Gasteiger partial charge in [-0.15, -0.1) is 6.58 Å². The third-order valence-corrected chi connectivity index (χ3v) is 4.03. The molecule has 0 saturated carbocycles. The number of aromatic nitrogens is 2. The van der Waals surface area contributed by atoms with E-state index in [1.165, 1.54) is 0 Å². The fourth-order valence-corrected chi connectivity index (χ4v) is 2.87. The lowest BCUT2D eigenvalue weighted by molar-refractivity contribution is -0.130. The summed E-state index contributed by atoms with van der Waals surface area (Å²) in [7, 11) is 0. The average Bonchev–Trinajstić information content (AvgIpc) is 3.15. The van der Waals surface area contributed by atoms with E-state index in [9.17, 15) is 4.79 Å². The molecule has 1 aromatic carbocycles. The third kappa shape index (κ3) is 2.89. The van der Waals surface area contributed by atoms with Crippen LogP contribution < -0.4 is 0 Å². The van der Waals surface area contributed by atoms with Gasteiger partial charge in [0.05, 0.1) is 12.4 Å². The summed E-state index contributed by atoms with van der Waals surface area (Å²) < 4.78 is 2.02. The number of hydrogen-bond acceptors (Lipinski definition) is 2. The van der Waals surface area contributed by atoms with Crippen LogP contribution in [0.4, 0.5) is 0 Å². The number of imidazole rings is 1. The first-order valence-electron chi connectivity index (χ1n) is 7.20. The zero-order valence-electron chi connectivity index (χ0n) is 11.9. The maximum absolute atomic E-state index is 12.3. The van der Waals surface area contributed by atoms with Gasteiger partial charge in [0.25, 0.3) is 0 Å². The molecule has 0 spiro atoms. The predicted octanol–water partition coefficient (Wildman–Crippen LogP) is 2.66. The van der Waals surface area contributed by atoms with Gasteiger partial charge in [0.1, 0.15) is 0 Å². The van der Waals surface area contributed by atoms with E-state index in [0.717, 1.165) is 18.7 Å². The molecule has 4 heteroatoms. The molecule has 2 aromatic rings. The van der Waals surface area contributed by atoms with Gasteiger partial charge in [0.15, 0.2) is 0 Å². The van der Waals surface area contributed by atoms with Crippen LogP contribution in [0.1, 0.15) is 18.0 Å². The smallest absolute Gasteiger partial charge is 0.223 e. The number of amides is 1. The summed E-state index contributed by atoms with van der Waals surface area (Å²) >= 11 is 0. The van der Waals surface area contributed by atoms with Gasteiger partial charge in [0.2, 0.25) is 5.91 Å². The Morgan fingerprint density at radius 3 is 2.81 bits per heavy atom. The first-order chi connectivity index (χ1) is 10.3. The van der Waals surface area contributed by atoms with Crippen molar-refractivity contribution in [3.8, 4) is 0 Å². The maximum Gasteiger partial charge on any atom is 0.223 e. The first kappa shape index (κ1) is 13.6. The lowest BCUT2D eigenvalue weighted by atomic mass is 10.1. The highest BCUT2D eigenvalue weighted by Gasteiger charge is 2.33. The van der Waals surface area contributed by atoms with E-state index in [2.05, 4.69) is 23.7 Å². The van der Waals surface area contributed by atoms with Crippen LogP contribution in [-0.2, 0) is 11.3 Å². The van der Waals surface area contributed by atoms with Crippen molar-refractivity contribution in [3.05, 3.63) is 67.3 Å². The van der Waals surface area contributed by atoms with Crippen molar-refractivity contribution in [1.29, 1.82) is 0 Å². The van der Waals surface area contributed by atoms with Crippen molar-refractivity contribution in [2.45, 2.75) is 19.0 Å². The minimum atomic E-state index is 0.0397. The molecule has 0 N–H and O–H groups in total. The number of hydrogen-bond donors (Lipinski definition) is 0. The third-order valence-electron chi connectivity index (χ3n) is 4.03. The van der Waals surface area contributed by atoms with Crippen LogP contribution in [0.3, 0.4) is 0 Å². The molecule has 3 rings (SSSR count). The van der Waals surface area contributed by atoms with Gasteiger partial charge in [-0.2, -0.15) is 0 Å². The van der Waals surface area contributed by atoms with Gasteiger partial charge in [-0.05, 0) is 5.56 Å². The Bertz CT molecular complexity index is 606. The molecule has 2 heterocycles. The highest BCUT2D eigenvalue weighted by Crippen LogP contribution is 2.30. The van der Waals surface area contributed by atoms with Gasteiger partial charge >= 0.3 is 0 Å². The van der Waals surface area contributed by atoms with Crippen LogP contribution in [0.15, 0.2) is 61.7 Å². The van der Waals surface area contributed by atoms with E-state index in [4.69, 9.17) is 0 Å². The van der Waals surface area contributed by atoms with Gasteiger partial charge in [-0.25, -0.2) is 4.98 Å².